The number of thiophene rings is 1. The van der Waals surface area contributed by atoms with Gasteiger partial charge in [0.2, 0.25) is 0 Å². The van der Waals surface area contributed by atoms with E-state index < -0.39 is 0 Å². The molecule has 0 saturated heterocycles. The topological polar surface area (TPSA) is 6.48 Å². The van der Waals surface area contributed by atoms with Gasteiger partial charge < -0.3 is 9.62 Å². The third-order valence-corrected chi connectivity index (χ3v) is 8.41. The summed E-state index contributed by atoms with van der Waals surface area (Å²) in [7, 11) is 0. The molecule has 34 heavy (non-hydrogen) atoms. The molecule has 6 aromatic rings. The van der Waals surface area contributed by atoms with E-state index in [4.69, 9.17) is 0 Å². The van der Waals surface area contributed by atoms with Crippen LogP contribution in [-0.2, 0) is 0 Å². The Morgan fingerprint density at radius 3 is 2.18 bits per heavy atom. The first-order chi connectivity index (χ1) is 16.9. The number of rotatable bonds is 1. The fourth-order valence-electron chi connectivity index (χ4n) is 5.84. The third kappa shape index (κ3) is 2.31. The molecule has 0 amide bonds. The van der Waals surface area contributed by atoms with E-state index in [0.717, 1.165) is 0 Å². The predicted molar refractivity (Wildman–Crippen MR) is 147 cm³/mol. The maximum absolute atomic E-state index is 2.58. The summed E-state index contributed by atoms with van der Waals surface area (Å²) in [6, 6.07) is 42.0. The quantitative estimate of drug-likeness (QED) is 0.237. The van der Waals surface area contributed by atoms with E-state index in [0.29, 0.717) is 0 Å². The molecule has 0 N–H and O–H groups in total. The van der Waals surface area contributed by atoms with Crippen molar-refractivity contribution in [1.82, 2.24) is 0 Å². The summed E-state index contributed by atoms with van der Waals surface area (Å²) < 4.78 is 2.70. The smallest absolute Gasteiger partial charge is 0.360 e. The molecule has 2 nitrogen and oxygen atoms in total. The Bertz CT molecular complexity index is 1740. The van der Waals surface area contributed by atoms with Gasteiger partial charge in [0, 0.05) is 32.4 Å². The molecular formula is C30H19BN2S. The molecule has 2 aliphatic heterocycles. The third-order valence-electron chi connectivity index (χ3n) is 7.22. The van der Waals surface area contributed by atoms with Crippen molar-refractivity contribution in [2.75, 3.05) is 9.62 Å². The molecule has 5 aromatic carbocycles. The molecule has 0 saturated carbocycles. The summed E-state index contributed by atoms with van der Waals surface area (Å²) in [5, 5.41) is 2.68. The zero-order valence-electron chi connectivity index (χ0n) is 18.3. The summed E-state index contributed by atoms with van der Waals surface area (Å²) in [4.78, 5) is 5.10. The highest BCUT2D eigenvalue weighted by molar-refractivity contribution is 7.26. The Balaban J connectivity index is 1.53. The number of para-hydroxylation sites is 2. The minimum atomic E-state index is 0.0688. The second-order valence-electron chi connectivity index (χ2n) is 8.96. The highest BCUT2D eigenvalue weighted by atomic mass is 32.1. The van der Waals surface area contributed by atoms with Crippen molar-refractivity contribution in [2.24, 2.45) is 0 Å². The first-order valence-electron chi connectivity index (χ1n) is 11.7. The van der Waals surface area contributed by atoms with Gasteiger partial charge in [-0.25, -0.2) is 0 Å². The molecule has 1 aromatic heterocycles. The van der Waals surface area contributed by atoms with E-state index in [-0.39, 0.29) is 6.98 Å². The zero-order chi connectivity index (χ0) is 22.2. The number of nitrogens with zero attached hydrogens (tertiary/aromatic N) is 2. The van der Waals surface area contributed by atoms with Crippen molar-refractivity contribution in [3.63, 3.8) is 0 Å². The molecule has 0 atom stereocenters. The number of anilines is 4. The Labute approximate surface area is 202 Å². The monoisotopic (exact) mass is 450 g/mol. The fraction of sp³-hybridized carbons (Fsp3) is 0. The summed E-state index contributed by atoms with van der Waals surface area (Å²) in [6.45, 7) is 0.0688. The number of benzene rings is 5. The number of hydrogen-bond donors (Lipinski definition) is 0. The van der Waals surface area contributed by atoms with Gasteiger partial charge in [0.05, 0.1) is 16.1 Å². The second-order valence-corrected chi connectivity index (χ2v) is 10.0. The van der Waals surface area contributed by atoms with Gasteiger partial charge in [-0.1, -0.05) is 84.9 Å². The molecule has 0 bridgehead atoms. The number of fused-ring (bicyclic) bond motifs is 12. The van der Waals surface area contributed by atoms with Crippen LogP contribution in [0.25, 0.3) is 31.3 Å². The van der Waals surface area contributed by atoms with Crippen LogP contribution in [0.5, 0.6) is 0 Å². The lowest BCUT2D eigenvalue weighted by Gasteiger charge is -2.36. The lowest BCUT2D eigenvalue weighted by atomic mass is 9.59. The molecule has 0 aliphatic carbocycles. The lowest BCUT2D eigenvalue weighted by Crippen LogP contribution is -2.55. The largest absolute Gasteiger partial charge is 0.421 e. The molecule has 0 radical (unpaired) electrons. The first-order valence-corrected chi connectivity index (χ1v) is 12.5. The highest BCUT2D eigenvalue weighted by Gasteiger charge is 2.48. The number of hydrogen-bond acceptors (Lipinski definition) is 3. The van der Waals surface area contributed by atoms with Gasteiger partial charge in [0.1, 0.15) is 0 Å². The Kier molecular flexibility index (Phi) is 3.66. The minimum absolute atomic E-state index is 0.0688. The van der Waals surface area contributed by atoms with Crippen LogP contribution >= 0.6 is 11.3 Å². The van der Waals surface area contributed by atoms with Crippen molar-refractivity contribution in [2.45, 2.75) is 0 Å². The van der Waals surface area contributed by atoms with Crippen LogP contribution in [0, 0.1) is 0 Å². The summed E-state index contributed by atoms with van der Waals surface area (Å²) in [6.07, 6.45) is 0. The Morgan fingerprint density at radius 1 is 0.529 bits per heavy atom. The molecule has 8 rings (SSSR count). The Hall–Kier alpha value is -4.02. The van der Waals surface area contributed by atoms with Gasteiger partial charge in [-0.2, -0.15) is 0 Å². The fourth-order valence-corrected chi connectivity index (χ4v) is 7.08. The second kappa shape index (κ2) is 6.75. The van der Waals surface area contributed by atoms with Gasteiger partial charge in [-0.15, -0.1) is 11.3 Å². The maximum Gasteiger partial charge on any atom is 0.421 e. The van der Waals surface area contributed by atoms with Crippen LogP contribution in [0.4, 0.5) is 22.7 Å². The van der Waals surface area contributed by atoms with E-state index in [1.165, 1.54) is 59.5 Å². The zero-order valence-corrected chi connectivity index (χ0v) is 19.2. The average molecular weight is 450 g/mol. The van der Waals surface area contributed by atoms with Crippen LogP contribution in [0.1, 0.15) is 0 Å². The van der Waals surface area contributed by atoms with Crippen molar-refractivity contribution in [3.8, 4) is 11.1 Å². The van der Waals surface area contributed by atoms with E-state index in [2.05, 4.69) is 125 Å². The lowest BCUT2D eigenvalue weighted by molar-refractivity contribution is 1.38. The molecule has 4 heteroatoms. The van der Waals surface area contributed by atoms with Gasteiger partial charge >= 0.3 is 6.98 Å². The van der Waals surface area contributed by atoms with Crippen LogP contribution in [0.3, 0.4) is 0 Å². The molecule has 2 aliphatic rings. The molecule has 0 fully saturated rings. The molecule has 3 heterocycles. The first kappa shape index (κ1) is 18.4. The normalized spacial score (nSPS) is 13.7. The van der Waals surface area contributed by atoms with Crippen LogP contribution < -0.4 is 15.1 Å². The van der Waals surface area contributed by atoms with Crippen molar-refractivity contribution < 1.29 is 0 Å². The van der Waals surface area contributed by atoms with Gasteiger partial charge in [-0.05, 0) is 41.4 Å². The van der Waals surface area contributed by atoms with Crippen molar-refractivity contribution in [3.05, 3.63) is 115 Å². The molecular weight excluding hydrogens is 431 g/mol. The van der Waals surface area contributed by atoms with Crippen molar-refractivity contribution in [1.29, 1.82) is 0 Å². The van der Waals surface area contributed by atoms with Gasteiger partial charge in [-0.3, -0.25) is 0 Å². The van der Waals surface area contributed by atoms with Gasteiger partial charge in [0.25, 0.3) is 0 Å². The molecule has 0 unspecified atom stereocenters. The average Bonchev–Trinajstić information content (AvgIpc) is 3.46. The SMILES string of the molecule is c1ccc(N2B3c4ccccc4-c4ccccc4N3c3c2ccc2c3sc3ccccc32)cc1. The van der Waals surface area contributed by atoms with E-state index in [1.807, 2.05) is 11.3 Å². The maximum atomic E-state index is 2.58. The summed E-state index contributed by atoms with van der Waals surface area (Å²) in [5.74, 6) is 0. The van der Waals surface area contributed by atoms with E-state index in [1.54, 1.807) is 0 Å². The summed E-state index contributed by atoms with van der Waals surface area (Å²) >= 11 is 1.91. The van der Waals surface area contributed by atoms with Crippen LogP contribution in [-0.4, -0.2) is 6.98 Å². The Morgan fingerprint density at radius 2 is 1.26 bits per heavy atom. The standard InChI is InChI=1S/C30H19BN2S/c1-2-10-20(11-3-1)32-27-19-18-24-23-14-6-9-17-28(23)34-30(24)29(27)33-26-16-8-5-13-22(26)21-12-4-7-15-25(21)31(32)33/h1-19H. The van der Waals surface area contributed by atoms with Crippen LogP contribution in [0.2, 0.25) is 0 Å². The van der Waals surface area contributed by atoms with E-state index >= 15 is 0 Å². The van der Waals surface area contributed by atoms with Crippen molar-refractivity contribution >= 4 is 66.7 Å². The van der Waals surface area contributed by atoms with Gasteiger partial charge in [0.15, 0.2) is 0 Å². The minimum Gasteiger partial charge on any atom is -0.360 e. The highest BCUT2D eigenvalue weighted by Crippen LogP contribution is 2.55. The van der Waals surface area contributed by atoms with E-state index in [9.17, 15) is 0 Å². The molecule has 158 valence electrons. The summed E-state index contributed by atoms with van der Waals surface area (Å²) in [5.41, 5.74) is 9.03. The predicted octanol–water partition coefficient (Wildman–Crippen LogP) is 7.72. The van der Waals surface area contributed by atoms with Crippen LogP contribution in [0.15, 0.2) is 115 Å². The molecule has 0 spiro atoms.